The van der Waals surface area contributed by atoms with E-state index >= 15 is 0 Å². The third-order valence-electron chi connectivity index (χ3n) is 4.48. The standard InChI is InChI=1S/C20H19Cl2N3O3/c1-14-9-27-20(28-14,11-25-13-23-12-24-25)16-3-6-18(7-4-16)26-10-15-2-5-17(21)8-19(15)22/h2-8,12-14H,9-11H2,1H3. The number of aromatic nitrogens is 3. The molecule has 0 aliphatic carbocycles. The summed E-state index contributed by atoms with van der Waals surface area (Å²) in [5.41, 5.74) is 1.76. The van der Waals surface area contributed by atoms with Crippen LogP contribution in [0.1, 0.15) is 18.1 Å². The summed E-state index contributed by atoms with van der Waals surface area (Å²) in [5.74, 6) is -0.179. The quantitative estimate of drug-likeness (QED) is 0.590. The molecule has 1 aromatic heterocycles. The van der Waals surface area contributed by atoms with E-state index in [1.807, 2.05) is 37.3 Å². The highest BCUT2D eigenvalue weighted by Crippen LogP contribution is 2.36. The summed E-state index contributed by atoms with van der Waals surface area (Å²) < 4.78 is 19.7. The number of nitrogens with zero attached hydrogens (tertiary/aromatic N) is 3. The van der Waals surface area contributed by atoms with Crippen LogP contribution >= 0.6 is 23.2 Å². The first-order chi connectivity index (χ1) is 13.5. The van der Waals surface area contributed by atoms with Gasteiger partial charge in [0.1, 0.15) is 31.6 Å². The van der Waals surface area contributed by atoms with E-state index in [4.69, 9.17) is 37.4 Å². The zero-order valence-corrected chi connectivity index (χ0v) is 16.7. The maximum Gasteiger partial charge on any atom is 0.215 e. The van der Waals surface area contributed by atoms with Crippen molar-refractivity contribution in [1.29, 1.82) is 0 Å². The maximum atomic E-state index is 6.20. The third-order valence-corrected chi connectivity index (χ3v) is 5.07. The molecule has 6 nitrogen and oxygen atoms in total. The number of hydrogen-bond donors (Lipinski definition) is 0. The summed E-state index contributed by atoms with van der Waals surface area (Å²) in [5, 5.41) is 5.35. The van der Waals surface area contributed by atoms with Gasteiger partial charge in [-0.2, -0.15) is 5.10 Å². The van der Waals surface area contributed by atoms with E-state index in [1.165, 1.54) is 6.33 Å². The molecule has 1 aliphatic rings. The first-order valence-corrected chi connectivity index (χ1v) is 9.61. The zero-order chi connectivity index (χ0) is 19.6. The molecule has 0 amide bonds. The first-order valence-electron chi connectivity index (χ1n) is 8.85. The Kier molecular flexibility index (Phi) is 5.55. The lowest BCUT2D eigenvalue weighted by Crippen LogP contribution is -2.33. The molecule has 0 spiro atoms. The topological polar surface area (TPSA) is 58.4 Å². The van der Waals surface area contributed by atoms with Gasteiger partial charge in [-0.05, 0) is 43.3 Å². The number of benzene rings is 2. The van der Waals surface area contributed by atoms with E-state index in [1.54, 1.807) is 23.1 Å². The van der Waals surface area contributed by atoms with E-state index in [-0.39, 0.29) is 6.10 Å². The molecular weight excluding hydrogens is 401 g/mol. The molecule has 1 saturated heterocycles. The van der Waals surface area contributed by atoms with Crippen LogP contribution in [0.4, 0.5) is 0 Å². The molecule has 2 atom stereocenters. The van der Waals surface area contributed by atoms with E-state index < -0.39 is 5.79 Å². The van der Waals surface area contributed by atoms with Gasteiger partial charge < -0.3 is 14.2 Å². The highest BCUT2D eigenvalue weighted by Gasteiger charge is 2.42. The Bertz CT molecular complexity index is 934. The fourth-order valence-corrected chi connectivity index (χ4v) is 3.57. The highest BCUT2D eigenvalue weighted by atomic mass is 35.5. The third kappa shape index (κ3) is 4.15. The Hall–Kier alpha value is -2.12. The van der Waals surface area contributed by atoms with E-state index in [0.717, 1.165) is 16.9 Å². The molecule has 1 aliphatic heterocycles. The summed E-state index contributed by atoms with van der Waals surface area (Å²) >= 11 is 12.1. The van der Waals surface area contributed by atoms with Gasteiger partial charge in [0, 0.05) is 21.2 Å². The lowest BCUT2D eigenvalue weighted by Gasteiger charge is -2.28. The lowest BCUT2D eigenvalue weighted by atomic mass is 10.1. The second-order valence-corrected chi connectivity index (χ2v) is 7.48. The largest absolute Gasteiger partial charge is 0.489 e. The minimum absolute atomic E-state index is 0.00788. The molecule has 0 N–H and O–H groups in total. The van der Waals surface area contributed by atoms with Crippen molar-refractivity contribution in [2.24, 2.45) is 0 Å². The molecule has 146 valence electrons. The second kappa shape index (κ2) is 8.09. The van der Waals surface area contributed by atoms with Gasteiger partial charge in [0.2, 0.25) is 5.79 Å². The predicted molar refractivity (Wildman–Crippen MR) is 105 cm³/mol. The molecular formula is C20H19Cl2N3O3. The van der Waals surface area contributed by atoms with Gasteiger partial charge in [0.25, 0.3) is 0 Å². The number of hydrogen-bond acceptors (Lipinski definition) is 5. The minimum atomic E-state index is -0.898. The van der Waals surface area contributed by atoms with Crippen LogP contribution in [0.25, 0.3) is 0 Å². The zero-order valence-electron chi connectivity index (χ0n) is 15.2. The van der Waals surface area contributed by atoms with Crippen molar-refractivity contribution < 1.29 is 14.2 Å². The Morgan fingerprint density at radius 1 is 1.21 bits per heavy atom. The molecule has 2 heterocycles. The van der Waals surface area contributed by atoms with Crippen molar-refractivity contribution in [2.45, 2.75) is 32.0 Å². The van der Waals surface area contributed by atoms with E-state index in [0.29, 0.717) is 29.8 Å². The fourth-order valence-electron chi connectivity index (χ4n) is 3.10. The first kappa shape index (κ1) is 19.2. The Labute approximate surface area is 173 Å². The van der Waals surface area contributed by atoms with Crippen LogP contribution in [-0.2, 0) is 28.4 Å². The van der Waals surface area contributed by atoms with E-state index in [9.17, 15) is 0 Å². The predicted octanol–water partition coefficient (Wildman–Crippen LogP) is 4.45. The molecule has 3 aromatic rings. The maximum absolute atomic E-state index is 6.20. The molecule has 4 rings (SSSR count). The van der Waals surface area contributed by atoms with Gasteiger partial charge in [-0.25, -0.2) is 9.67 Å². The molecule has 2 unspecified atom stereocenters. The Morgan fingerprint density at radius 3 is 2.68 bits per heavy atom. The molecule has 0 saturated carbocycles. The van der Waals surface area contributed by atoms with Gasteiger partial charge in [-0.3, -0.25) is 0 Å². The fraction of sp³-hybridized carbons (Fsp3) is 0.300. The summed E-state index contributed by atoms with van der Waals surface area (Å²) in [7, 11) is 0. The van der Waals surface area contributed by atoms with Crippen LogP contribution in [0.2, 0.25) is 10.0 Å². The molecule has 28 heavy (non-hydrogen) atoms. The van der Waals surface area contributed by atoms with E-state index in [2.05, 4.69) is 10.1 Å². The molecule has 1 fully saturated rings. The van der Waals surface area contributed by atoms with Crippen molar-refractivity contribution in [3.8, 4) is 5.75 Å². The van der Waals surface area contributed by atoms with Gasteiger partial charge >= 0.3 is 0 Å². The van der Waals surface area contributed by atoms with Crippen molar-refractivity contribution >= 4 is 23.2 Å². The van der Waals surface area contributed by atoms with Gasteiger partial charge in [-0.1, -0.05) is 29.3 Å². The molecule has 2 aromatic carbocycles. The average Bonchev–Trinajstić information content (AvgIpc) is 3.32. The Balaban J connectivity index is 1.49. The second-order valence-electron chi connectivity index (χ2n) is 6.63. The number of ether oxygens (including phenoxy) is 3. The van der Waals surface area contributed by atoms with Crippen LogP contribution in [-0.4, -0.2) is 27.5 Å². The van der Waals surface area contributed by atoms with Crippen LogP contribution in [0.5, 0.6) is 5.75 Å². The lowest BCUT2D eigenvalue weighted by molar-refractivity contribution is -0.186. The summed E-state index contributed by atoms with van der Waals surface area (Å²) in [6, 6.07) is 13.0. The van der Waals surface area contributed by atoms with Gasteiger partial charge in [0.15, 0.2) is 0 Å². The molecule has 8 heteroatoms. The summed E-state index contributed by atoms with van der Waals surface area (Å²) in [4.78, 5) is 3.99. The average molecular weight is 420 g/mol. The number of rotatable bonds is 6. The number of halogens is 2. The van der Waals surface area contributed by atoms with Gasteiger partial charge in [-0.15, -0.1) is 0 Å². The van der Waals surface area contributed by atoms with Gasteiger partial charge in [0.05, 0.1) is 12.7 Å². The highest BCUT2D eigenvalue weighted by molar-refractivity contribution is 6.35. The minimum Gasteiger partial charge on any atom is -0.489 e. The smallest absolute Gasteiger partial charge is 0.215 e. The van der Waals surface area contributed by atoms with Crippen molar-refractivity contribution in [2.75, 3.05) is 6.61 Å². The van der Waals surface area contributed by atoms with Crippen LogP contribution < -0.4 is 4.74 Å². The molecule has 0 radical (unpaired) electrons. The van der Waals surface area contributed by atoms with Crippen LogP contribution in [0, 0.1) is 0 Å². The van der Waals surface area contributed by atoms with Crippen LogP contribution in [0.15, 0.2) is 55.1 Å². The monoisotopic (exact) mass is 419 g/mol. The van der Waals surface area contributed by atoms with Crippen molar-refractivity contribution in [1.82, 2.24) is 14.8 Å². The SMILES string of the molecule is CC1COC(Cn2cncn2)(c2ccc(OCc3ccc(Cl)cc3Cl)cc2)O1. The summed E-state index contributed by atoms with van der Waals surface area (Å²) in [6.45, 7) is 3.26. The van der Waals surface area contributed by atoms with Crippen molar-refractivity contribution in [3.63, 3.8) is 0 Å². The molecule has 0 bridgehead atoms. The van der Waals surface area contributed by atoms with Crippen LogP contribution in [0.3, 0.4) is 0 Å². The Morgan fingerprint density at radius 2 is 2.04 bits per heavy atom. The summed E-state index contributed by atoms with van der Waals surface area (Å²) in [6.07, 6.45) is 3.13. The van der Waals surface area contributed by atoms with Crippen molar-refractivity contribution in [3.05, 3.63) is 76.3 Å². The normalized spacial score (nSPS) is 21.8.